The van der Waals surface area contributed by atoms with Crippen LogP contribution in [0.25, 0.3) is 31.5 Å². The average Bonchev–Trinajstić information content (AvgIpc) is 3.55. The Morgan fingerprint density at radius 3 is 2.34 bits per heavy atom. The Labute approximate surface area is 191 Å². The lowest BCUT2D eigenvalue weighted by molar-refractivity contribution is 0.0980. The van der Waals surface area contributed by atoms with Crippen LogP contribution in [0.4, 0.5) is 0 Å². The molecule has 0 atom stereocenters. The second-order valence-electron chi connectivity index (χ2n) is 7.39. The summed E-state index contributed by atoms with van der Waals surface area (Å²) in [4.78, 5) is 37.5. The van der Waals surface area contributed by atoms with Crippen LogP contribution in [0.3, 0.4) is 0 Å². The largest absolute Gasteiger partial charge is 0.484 e. The zero-order valence-electron chi connectivity index (χ0n) is 17.0. The predicted molar refractivity (Wildman–Crippen MR) is 127 cm³/mol. The fourth-order valence-corrected chi connectivity index (χ4v) is 6.00. The first kappa shape index (κ1) is 19.2. The van der Waals surface area contributed by atoms with E-state index < -0.39 is 0 Å². The first-order chi connectivity index (χ1) is 15.6. The third-order valence-corrected chi connectivity index (χ3v) is 7.78. The number of aromatic nitrogens is 2. The average molecular weight is 457 g/mol. The van der Waals surface area contributed by atoms with E-state index in [4.69, 9.17) is 9.72 Å². The quantitative estimate of drug-likeness (QED) is 0.343. The highest BCUT2D eigenvalue weighted by Crippen LogP contribution is 2.40. The van der Waals surface area contributed by atoms with Crippen LogP contribution in [0.2, 0.25) is 0 Å². The molecule has 5 nitrogen and oxygen atoms in total. The molecule has 0 spiro atoms. The molecule has 2 aromatic carbocycles. The van der Waals surface area contributed by atoms with Crippen LogP contribution >= 0.6 is 22.7 Å². The zero-order valence-corrected chi connectivity index (χ0v) is 18.6. The highest BCUT2D eigenvalue weighted by molar-refractivity contribution is 7.24. The van der Waals surface area contributed by atoms with Gasteiger partial charge in [0.15, 0.2) is 16.6 Å². The van der Waals surface area contributed by atoms with E-state index in [0.717, 1.165) is 25.2 Å². The summed E-state index contributed by atoms with van der Waals surface area (Å²) in [6, 6.07) is 18.6. The summed E-state index contributed by atoms with van der Waals surface area (Å²) in [6.45, 7) is 2.62. The molecule has 1 aliphatic carbocycles. The highest BCUT2D eigenvalue weighted by Gasteiger charge is 2.32. The van der Waals surface area contributed by atoms with Gasteiger partial charge in [0.2, 0.25) is 0 Å². The molecule has 0 fully saturated rings. The fraction of sp³-hybridized carbons (Fsp3) is 0.0800. The van der Waals surface area contributed by atoms with Crippen molar-refractivity contribution in [1.82, 2.24) is 9.97 Å². The molecular weight excluding hydrogens is 440 g/mol. The van der Waals surface area contributed by atoms with Crippen molar-refractivity contribution in [3.63, 3.8) is 0 Å². The Kier molecular flexibility index (Phi) is 4.34. The van der Waals surface area contributed by atoms with Gasteiger partial charge in [0.05, 0.1) is 22.6 Å². The molecule has 156 valence electrons. The van der Waals surface area contributed by atoms with E-state index in [2.05, 4.69) is 17.1 Å². The fourth-order valence-electron chi connectivity index (χ4n) is 4.04. The number of nitrogens with zero attached hydrogens (tertiary/aromatic N) is 1. The van der Waals surface area contributed by atoms with Crippen LogP contribution in [0.5, 0.6) is 5.06 Å². The summed E-state index contributed by atoms with van der Waals surface area (Å²) in [7, 11) is 0. The molecule has 3 heterocycles. The number of ketones is 2. The summed E-state index contributed by atoms with van der Waals surface area (Å²) >= 11 is 3.23. The molecule has 0 radical (unpaired) electrons. The van der Waals surface area contributed by atoms with Gasteiger partial charge in [-0.2, -0.15) is 0 Å². The molecular formula is C25H16N2O3S2. The van der Waals surface area contributed by atoms with Crippen molar-refractivity contribution in [3.8, 4) is 25.5 Å². The maximum absolute atomic E-state index is 13.2. The standard InChI is InChI=1S/C25H16N2O3S2/c1-2-30-20-12-11-18(32-20)17-9-10-19(31-17)25-26-16-8-7-15-21(22(16)27-25)24(29)14-6-4-3-5-13(14)23(15)28/h3-12H,2H2,1H3,(H,26,27). The molecule has 0 saturated carbocycles. The minimum absolute atomic E-state index is 0.136. The first-order valence-electron chi connectivity index (χ1n) is 10.2. The maximum atomic E-state index is 13.2. The number of aromatic amines is 1. The van der Waals surface area contributed by atoms with Crippen molar-refractivity contribution in [2.75, 3.05) is 6.61 Å². The second-order valence-corrected chi connectivity index (χ2v) is 9.52. The first-order valence-corrected chi connectivity index (χ1v) is 11.8. The zero-order chi connectivity index (χ0) is 21.8. The molecule has 6 rings (SSSR count). The molecule has 1 aliphatic rings. The number of hydrogen-bond acceptors (Lipinski definition) is 6. The van der Waals surface area contributed by atoms with E-state index >= 15 is 0 Å². The minimum Gasteiger partial charge on any atom is -0.484 e. The lowest BCUT2D eigenvalue weighted by Gasteiger charge is -2.17. The molecule has 7 heteroatoms. The molecule has 32 heavy (non-hydrogen) atoms. The van der Waals surface area contributed by atoms with Crippen LogP contribution in [-0.2, 0) is 0 Å². The number of H-pyrrole nitrogens is 1. The van der Waals surface area contributed by atoms with E-state index in [0.29, 0.717) is 40.2 Å². The maximum Gasteiger partial charge on any atom is 0.196 e. The number of imidazole rings is 1. The minimum atomic E-state index is -0.159. The normalized spacial score (nSPS) is 12.8. The van der Waals surface area contributed by atoms with Gasteiger partial charge in [-0.1, -0.05) is 35.6 Å². The van der Waals surface area contributed by atoms with Gasteiger partial charge in [0, 0.05) is 26.4 Å². The van der Waals surface area contributed by atoms with Crippen LogP contribution in [0.15, 0.2) is 60.7 Å². The third-order valence-electron chi connectivity index (χ3n) is 5.49. The molecule has 0 bridgehead atoms. The molecule has 0 amide bonds. The van der Waals surface area contributed by atoms with Crippen LogP contribution in [0, 0.1) is 0 Å². The second kappa shape index (κ2) is 7.25. The summed E-state index contributed by atoms with van der Waals surface area (Å²) < 4.78 is 5.58. The van der Waals surface area contributed by atoms with Gasteiger partial charge in [-0.05, 0) is 43.3 Å². The van der Waals surface area contributed by atoms with Crippen molar-refractivity contribution < 1.29 is 14.3 Å². The summed E-state index contributed by atoms with van der Waals surface area (Å²) in [6.07, 6.45) is 0. The van der Waals surface area contributed by atoms with E-state index in [1.165, 1.54) is 0 Å². The van der Waals surface area contributed by atoms with Gasteiger partial charge in [-0.3, -0.25) is 9.59 Å². The number of thiophene rings is 2. The lowest BCUT2D eigenvalue weighted by atomic mass is 9.83. The van der Waals surface area contributed by atoms with Crippen molar-refractivity contribution in [2.24, 2.45) is 0 Å². The Morgan fingerprint density at radius 1 is 0.812 bits per heavy atom. The monoisotopic (exact) mass is 456 g/mol. The Bertz CT molecular complexity index is 1540. The van der Waals surface area contributed by atoms with E-state index in [1.54, 1.807) is 53.0 Å². The molecule has 5 aromatic rings. The Balaban J connectivity index is 1.43. The topological polar surface area (TPSA) is 72.0 Å². The number of ether oxygens (including phenoxy) is 1. The van der Waals surface area contributed by atoms with Gasteiger partial charge in [-0.25, -0.2) is 4.98 Å². The van der Waals surface area contributed by atoms with E-state index in [9.17, 15) is 9.59 Å². The van der Waals surface area contributed by atoms with Crippen LogP contribution in [0.1, 0.15) is 38.8 Å². The van der Waals surface area contributed by atoms with Crippen molar-refractivity contribution >= 4 is 45.3 Å². The number of nitrogens with one attached hydrogen (secondary N) is 1. The van der Waals surface area contributed by atoms with E-state index in [1.807, 2.05) is 25.1 Å². The smallest absolute Gasteiger partial charge is 0.196 e. The van der Waals surface area contributed by atoms with Crippen molar-refractivity contribution in [1.29, 1.82) is 0 Å². The number of carbonyl (C=O) groups excluding carboxylic acids is 2. The van der Waals surface area contributed by atoms with Gasteiger partial charge in [-0.15, -0.1) is 11.3 Å². The molecule has 1 N–H and O–H groups in total. The van der Waals surface area contributed by atoms with Gasteiger partial charge >= 0.3 is 0 Å². The summed E-state index contributed by atoms with van der Waals surface area (Å²) in [5, 5.41) is 0.899. The number of fused-ring (bicyclic) bond motifs is 4. The molecule has 0 saturated heterocycles. The van der Waals surface area contributed by atoms with E-state index in [-0.39, 0.29) is 11.6 Å². The van der Waals surface area contributed by atoms with Crippen LogP contribution in [-0.4, -0.2) is 28.1 Å². The lowest BCUT2D eigenvalue weighted by Crippen LogP contribution is -2.21. The molecule has 3 aromatic heterocycles. The third kappa shape index (κ3) is 2.86. The Morgan fingerprint density at radius 2 is 1.53 bits per heavy atom. The van der Waals surface area contributed by atoms with Gasteiger partial charge < -0.3 is 9.72 Å². The highest BCUT2D eigenvalue weighted by atomic mass is 32.1. The van der Waals surface area contributed by atoms with Crippen molar-refractivity contribution in [2.45, 2.75) is 6.92 Å². The van der Waals surface area contributed by atoms with Crippen LogP contribution < -0.4 is 4.74 Å². The number of benzene rings is 2. The summed E-state index contributed by atoms with van der Waals surface area (Å²) in [5.41, 5.74) is 2.95. The number of carbonyl (C=O) groups is 2. The SMILES string of the molecule is CCOc1ccc(-c2ccc(-c3nc4c5c(ccc4[nH]3)C(=O)c3ccccc3C5=O)s2)s1. The van der Waals surface area contributed by atoms with Gasteiger partial charge in [0.25, 0.3) is 0 Å². The van der Waals surface area contributed by atoms with Crippen molar-refractivity contribution in [3.05, 3.63) is 82.9 Å². The Hall–Kier alpha value is -3.55. The number of hydrogen-bond donors (Lipinski definition) is 1. The van der Waals surface area contributed by atoms with Gasteiger partial charge in [0.1, 0.15) is 11.3 Å². The summed E-state index contributed by atoms with van der Waals surface area (Å²) in [5.74, 6) is 0.390. The molecule has 0 unspecified atom stereocenters. The molecule has 0 aliphatic heterocycles. The predicted octanol–water partition coefficient (Wildman–Crippen LogP) is 6.19. The number of rotatable bonds is 4.